The molecule has 0 unspecified atom stereocenters. The van der Waals surface area contributed by atoms with Gasteiger partial charge < -0.3 is 14.5 Å². The summed E-state index contributed by atoms with van der Waals surface area (Å²) >= 11 is 0. The molecule has 1 N–H and O–H groups in total. The van der Waals surface area contributed by atoms with Crippen LogP contribution in [0.3, 0.4) is 0 Å². The molecule has 1 aromatic heterocycles. The summed E-state index contributed by atoms with van der Waals surface area (Å²) in [6.45, 7) is 5.83. The van der Waals surface area contributed by atoms with Crippen molar-refractivity contribution in [1.82, 2.24) is 5.32 Å². The third kappa shape index (κ3) is 3.09. The summed E-state index contributed by atoms with van der Waals surface area (Å²) in [7, 11) is 1.29. The molecule has 0 radical (unpaired) electrons. The van der Waals surface area contributed by atoms with Crippen LogP contribution in [0.15, 0.2) is 62.3 Å². The first-order valence-electron chi connectivity index (χ1n) is 9.56. The summed E-state index contributed by atoms with van der Waals surface area (Å²) in [5.41, 5.74) is 2.33. The first-order valence-corrected chi connectivity index (χ1v) is 9.56. The minimum absolute atomic E-state index is 0.0739. The van der Waals surface area contributed by atoms with E-state index in [0.29, 0.717) is 35.1 Å². The van der Waals surface area contributed by atoms with Crippen LogP contribution in [0.1, 0.15) is 45.1 Å². The molecule has 2 aliphatic rings. The molecule has 1 aromatic carbocycles. The second kappa shape index (κ2) is 6.72. The van der Waals surface area contributed by atoms with E-state index in [9.17, 15) is 14.4 Å². The number of esters is 1. The molecule has 0 bridgehead atoms. The summed E-state index contributed by atoms with van der Waals surface area (Å²) in [6.07, 6.45) is 2.36. The van der Waals surface area contributed by atoms with Gasteiger partial charge in [0.2, 0.25) is 0 Å². The van der Waals surface area contributed by atoms with Gasteiger partial charge in [0.1, 0.15) is 5.58 Å². The van der Waals surface area contributed by atoms with E-state index in [-0.39, 0.29) is 27.8 Å². The van der Waals surface area contributed by atoms with Crippen LogP contribution in [0.25, 0.3) is 11.0 Å². The van der Waals surface area contributed by atoms with E-state index in [0.717, 1.165) is 5.70 Å². The average molecular weight is 393 g/mol. The van der Waals surface area contributed by atoms with Crippen LogP contribution in [0.5, 0.6) is 0 Å². The number of hydrogen-bond acceptors (Lipinski definition) is 6. The number of hydrogen-bond donors (Lipinski definition) is 1. The first-order chi connectivity index (χ1) is 13.7. The van der Waals surface area contributed by atoms with Crippen LogP contribution in [0.2, 0.25) is 0 Å². The van der Waals surface area contributed by atoms with Crippen molar-refractivity contribution in [3.05, 3.63) is 68.9 Å². The van der Waals surface area contributed by atoms with Crippen molar-refractivity contribution in [1.29, 1.82) is 0 Å². The van der Waals surface area contributed by atoms with E-state index in [2.05, 4.69) is 5.32 Å². The fourth-order valence-corrected chi connectivity index (χ4v) is 4.42. The van der Waals surface area contributed by atoms with Crippen molar-refractivity contribution >= 4 is 22.7 Å². The molecule has 0 saturated heterocycles. The molecule has 1 atom stereocenters. The fraction of sp³-hybridized carbons (Fsp3) is 0.348. The third-order valence-electron chi connectivity index (χ3n) is 5.66. The molecule has 2 heterocycles. The Kier molecular flexibility index (Phi) is 4.45. The van der Waals surface area contributed by atoms with Gasteiger partial charge in [0, 0.05) is 29.0 Å². The standard InChI is InChI=1S/C23H23NO5/c1-12-18(22(27)28-4)19(20-15(24-12)9-23(2,3)10-16(20)25)14-11-29-17-8-6-5-7-13(17)21(14)26/h5-8,11,19,24H,9-10H2,1-4H3/t19-/m1/s1. The number of carbonyl (C=O) groups is 2. The molecule has 150 valence electrons. The number of para-hydroxylation sites is 1. The van der Waals surface area contributed by atoms with E-state index in [1.807, 2.05) is 13.8 Å². The molecule has 2 aromatic rings. The van der Waals surface area contributed by atoms with Gasteiger partial charge in [-0.3, -0.25) is 9.59 Å². The van der Waals surface area contributed by atoms with Crippen molar-refractivity contribution in [3.63, 3.8) is 0 Å². The number of methoxy groups -OCH3 is 1. The molecule has 1 aliphatic heterocycles. The maximum Gasteiger partial charge on any atom is 0.336 e. The van der Waals surface area contributed by atoms with Crippen molar-refractivity contribution in [3.8, 4) is 0 Å². The highest BCUT2D eigenvalue weighted by Crippen LogP contribution is 2.46. The minimum atomic E-state index is -0.817. The summed E-state index contributed by atoms with van der Waals surface area (Å²) in [5.74, 6) is -1.46. The van der Waals surface area contributed by atoms with Crippen molar-refractivity contribution in [2.24, 2.45) is 5.41 Å². The van der Waals surface area contributed by atoms with E-state index >= 15 is 0 Å². The molecule has 1 aliphatic carbocycles. The number of Topliss-reactive ketones (excluding diaryl/α,β-unsaturated/α-hetero) is 1. The Labute approximate surface area is 168 Å². The van der Waals surface area contributed by atoms with E-state index in [1.165, 1.54) is 13.4 Å². The first kappa shape index (κ1) is 19.2. The molecule has 0 fully saturated rings. The third-order valence-corrected chi connectivity index (χ3v) is 5.66. The van der Waals surface area contributed by atoms with Gasteiger partial charge in [-0.15, -0.1) is 0 Å². The zero-order valence-electron chi connectivity index (χ0n) is 16.9. The number of carbonyl (C=O) groups excluding carboxylic acids is 2. The lowest BCUT2D eigenvalue weighted by Crippen LogP contribution is -2.39. The quantitative estimate of drug-likeness (QED) is 0.785. The van der Waals surface area contributed by atoms with Gasteiger partial charge in [-0.1, -0.05) is 26.0 Å². The van der Waals surface area contributed by atoms with E-state index < -0.39 is 11.9 Å². The van der Waals surface area contributed by atoms with Crippen molar-refractivity contribution in [2.45, 2.75) is 39.5 Å². The summed E-state index contributed by atoms with van der Waals surface area (Å²) in [4.78, 5) is 39.1. The summed E-state index contributed by atoms with van der Waals surface area (Å²) in [6, 6.07) is 6.94. The number of benzene rings is 1. The topological polar surface area (TPSA) is 85.6 Å². The van der Waals surface area contributed by atoms with Gasteiger partial charge in [-0.2, -0.15) is 0 Å². The lowest BCUT2D eigenvalue weighted by Gasteiger charge is -2.39. The van der Waals surface area contributed by atoms with Crippen LogP contribution >= 0.6 is 0 Å². The molecule has 0 spiro atoms. The summed E-state index contributed by atoms with van der Waals surface area (Å²) in [5, 5.41) is 3.64. The predicted octanol–water partition coefficient (Wildman–Crippen LogP) is 3.57. The molecule has 6 nitrogen and oxygen atoms in total. The maximum atomic E-state index is 13.3. The zero-order chi connectivity index (χ0) is 20.9. The maximum absolute atomic E-state index is 13.3. The van der Waals surface area contributed by atoms with Crippen molar-refractivity contribution in [2.75, 3.05) is 7.11 Å². The number of rotatable bonds is 2. The highest BCUT2D eigenvalue weighted by atomic mass is 16.5. The van der Waals surface area contributed by atoms with Crippen molar-refractivity contribution < 1.29 is 18.7 Å². The van der Waals surface area contributed by atoms with Gasteiger partial charge in [0.05, 0.1) is 30.3 Å². The highest BCUT2D eigenvalue weighted by Gasteiger charge is 2.44. The van der Waals surface area contributed by atoms with Gasteiger partial charge >= 0.3 is 5.97 Å². The molecule has 29 heavy (non-hydrogen) atoms. The molecule has 4 rings (SSSR count). The second-order valence-electron chi connectivity index (χ2n) is 8.44. The summed E-state index contributed by atoms with van der Waals surface area (Å²) < 4.78 is 10.7. The SMILES string of the molecule is COC(=O)C1=C(C)NC2=C(C(=O)CC(C)(C)C2)[C@@H]1c1coc2ccccc2c1=O. The minimum Gasteiger partial charge on any atom is -0.466 e. The normalized spacial score (nSPS) is 21.1. The highest BCUT2D eigenvalue weighted by molar-refractivity contribution is 6.04. The number of ketones is 1. The number of nitrogens with one attached hydrogen (secondary N) is 1. The Morgan fingerprint density at radius 2 is 1.93 bits per heavy atom. The predicted molar refractivity (Wildman–Crippen MR) is 108 cm³/mol. The van der Waals surface area contributed by atoms with Gasteiger partial charge in [0.15, 0.2) is 11.2 Å². The second-order valence-corrected chi connectivity index (χ2v) is 8.44. The average Bonchev–Trinajstić information content (AvgIpc) is 2.66. The van der Waals surface area contributed by atoms with Gasteiger partial charge in [-0.25, -0.2) is 4.79 Å². The monoisotopic (exact) mass is 393 g/mol. The number of fused-ring (bicyclic) bond motifs is 1. The van der Waals surface area contributed by atoms with E-state index in [1.54, 1.807) is 31.2 Å². The molecule has 0 amide bonds. The smallest absolute Gasteiger partial charge is 0.336 e. The van der Waals surface area contributed by atoms with E-state index in [4.69, 9.17) is 9.15 Å². The fourth-order valence-electron chi connectivity index (χ4n) is 4.42. The Balaban J connectivity index is 2.00. The van der Waals surface area contributed by atoms with Crippen LogP contribution in [-0.4, -0.2) is 18.9 Å². The van der Waals surface area contributed by atoms with Gasteiger partial charge in [-0.05, 0) is 30.9 Å². The number of allylic oxidation sites excluding steroid dienone is 3. The largest absolute Gasteiger partial charge is 0.466 e. The molecule has 6 heteroatoms. The lowest BCUT2D eigenvalue weighted by molar-refractivity contribution is -0.136. The number of dihydropyridines is 1. The molecule has 0 saturated carbocycles. The van der Waals surface area contributed by atoms with Crippen LogP contribution in [0.4, 0.5) is 0 Å². The Morgan fingerprint density at radius 3 is 2.66 bits per heavy atom. The Morgan fingerprint density at radius 1 is 1.21 bits per heavy atom. The zero-order valence-corrected chi connectivity index (χ0v) is 16.9. The Hall–Kier alpha value is -3.15. The lowest BCUT2D eigenvalue weighted by atomic mass is 9.68. The number of ether oxygens (including phenoxy) is 1. The van der Waals surface area contributed by atoms with Gasteiger partial charge in [0.25, 0.3) is 0 Å². The van der Waals surface area contributed by atoms with Crippen LogP contribution in [0, 0.1) is 5.41 Å². The Bertz CT molecular complexity index is 1170. The molecular formula is C23H23NO5. The van der Waals surface area contributed by atoms with Crippen LogP contribution in [-0.2, 0) is 14.3 Å². The molecular weight excluding hydrogens is 370 g/mol. The van der Waals surface area contributed by atoms with Crippen LogP contribution < -0.4 is 10.7 Å².